The molecule has 0 spiro atoms. The van der Waals surface area contributed by atoms with E-state index < -0.39 is 6.09 Å². The molecule has 2 amide bonds. The van der Waals surface area contributed by atoms with Crippen molar-refractivity contribution in [3.8, 4) is 5.75 Å². The molecule has 31 heavy (non-hydrogen) atoms. The summed E-state index contributed by atoms with van der Waals surface area (Å²) in [6, 6.07) is 10.4. The molecule has 2 aromatic rings. The van der Waals surface area contributed by atoms with Gasteiger partial charge in [0.1, 0.15) is 11.9 Å². The summed E-state index contributed by atoms with van der Waals surface area (Å²) in [5.41, 5.74) is 4.36. The van der Waals surface area contributed by atoms with Crippen LogP contribution in [-0.2, 0) is 28.8 Å². The quantitative estimate of drug-likeness (QED) is 0.743. The van der Waals surface area contributed by atoms with Crippen molar-refractivity contribution in [1.29, 1.82) is 0 Å². The first-order chi connectivity index (χ1) is 15.1. The third kappa shape index (κ3) is 3.95. The molecule has 8 heteroatoms. The summed E-state index contributed by atoms with van der Waals surface area (Å²) in [5.74, 6) is 1.00. The predicted molar refractivity (Wildman–Crippen MR) is 116 cm³/mol. The van der Waals surface area contributed by atoms with Crippen LogP contribution in [0.2, 0.25) is 0 Å². The van der Waals surface area contributed by atoms with E-state index in [0.29, 0.717) is 36.5 Å². The largest absolute Gasteiger partial charge is 0.480 e. The van der Waals surface area contributed by atoms with E-state index in [1.165, 1.54) is 21.6 Å². The Hall–Kier alpha value is -3.13. The van der Waals surface area contributed by atoms with Crippen LogP contribution >= 0.6 is 0 Å². The second-order valence-electron chi connectivity index (χ2n) is 8.29. The number of carbonyl (C=O) groups excluding carboxylic acids is 2. The van der Waals surface area contributed by atoms with Crippen LogP contribution in [0.1, 0.15) is 30.0 Å². The molecule has 3 heterocycles. The number of hydrogen-bond acceptors (Lipinski definition) is 6. The lowest BCUT2D eigenvalue weighted by Gasteiger charge is -2.19. The minimum Gasteiger partial charge on any atom is -0.480 e. The molecular weight excluding hydrogens is 396 g/mol. The van der Waals surface area contributed by atoms with Gasteiger partial charge in [-0.15, -0.1) is 0 Å². The second kappa shape index (κ2) is 8.19. The summed E-state index contributed by atoms with van der Waals surface area (Å²) in [6.07, 6.45) is 3.60. The van der Waals surface area contributed by atoms with E-state index in [-0.39, 0.29) is 18.6 Å². The normalized spacial score (nSPS) is 21.9. The van der Waals surface area contributed by atoms with Crippen LogP contribution in [0.4, 0.5) is 16.4 Å². The summed E-state index contributed by atoms with van der Waals surface area (Å²) >= 11 is 0. The number of amides is 2. The van der Waals surface area contributed by atoms with Crippen molar-refractivity contribution in [2.45, 2.75) is 44.8 Å². The number of cyclic esters (lactones) is 1. The van der Waals surface area contributed by atoms with E-state index in [9.17, 15) is 9.59 Å². The van der Waals surface area contributed by atoms with Gasteiger partial charge in [0.15, 0.2) is 18.2 Å². The number of rotatable bonds is 6. The van der Waals surface area contributed by atoms with E-state index in [1.807, 2.05) is 0 Å². The molecule has 162 valence electrons. The topological polar surface area (TPSA) is 92.8 Å². The smallest absolute Gasteiger partial charge is 0.416 e. The first-order valence-electron chi connectivity index (χ1n) is 10.9. The summed E-state index contributed by atoms with van der Waals surface area (Å²) in [7, 11) is 0. The van der Waals surface area contributed by atoms with Crippen molar-refractivity contribution in [2.75, 3.05) is 29.9 Å². The van der Waals surface area contributed by atoms with Crippen LogP contribution in [0.3, 0.4) is 0 Å². The number of nitrogens with zero attached hydrogens (tertiary/aromatic N) is 2. The molecule has 2 N–H and O–H groups in total. The maximum absolute atomic E-state index is 12.4. The van der Waals surface area contributed by atoms with Crippen LogP contribution in [0.15, 0.2) is 30.3 Å². The fourth-order valence-electron chi connectivity index (χ4n) is 4.59. The molecule has 2 unspecified atom stereocenters. The highest BCUT2D eigenvalue weighted by molar-refractivity contribution is 5.95. The fraction of sp³-hybridized carbons (Fsp3) is 0.435. The summed E-state index contributed by atoms with van der Waals surface area (Å²) in [6.45, 7) is 3.18. The first kappa shape index (κ1) is 19.8. The molecule has 0 saturated carbocycles. The Labute approximate surface area is 180 Å². The second-order valence-corrected chi connectivity index (χ2v) is 8.29. The van der Waals surface area contributed by atoms with E-state index in [4.69, 9.17) is 9.47 Å². The highest BCUT2D eigenvalue weighted by atomic mass is 16.6. The lowest BCUT2D eigenvalue weighted by Crippen LogP contribution is -2.38. The molecule has 1 aromatic heterocycles. The van der Waals surface area contributed by atoms with Crippen LogP contribution in [0.5, 0.6) is 5.75 Å². The highest BCUT2D eigenvalue weighted by Gasteiger charge is 2.34. The average Bonchev–Trinajstić information content (AvgIpc) is 3.35. The van der Waals surface area contributed by atoms with Crippen LogP contribution < -0.4 is 20.3 Å². The number of benzene rings is 1. The van der Waals surface area contributed by atoms with Crippen molar-refractivity contribution in [2.24, 2.45) is 0 Å². The predicted octanol–water partition coefficient (Wildman–Crippen LogP) is 2.45. The Morgan fingerprint density at radius 2 is 2.13 bits per heavy atom. The zero-order chi connectivity index (χ0) is 21.4. The zero-order valence-corrected chi connectivity index (χ0v) is 17.5. The standard InChI is InChI=1S/C23H26N4O4/c1-2-4-14-5-3-6-15-9-16(10-18(14)15)24-11-17-12-27(23(29)31-17)20-8-7-19-22(25-20)26-21(28)13-30-19/h3,5-8,16-17,24H,2,4,9-13H2,1H3,(H,25,26,28). The first-order valence-corrected chi connectivity index (χ1v) is 10.9. The van der Waals surface area contributed by atoms with Crippen LogP contribution in [-0.4, -0.2) is 48.8 Å². The van der Waals surface area contributed by atoms with Gasteiger partial charge in [-0.2, -0.15) is 0 Å². The van der Waals surface area contributed by atoms with Crippen molar-refractivity contribution in [3.05, 3.63) is 47.0 Å². The van der Waals surface area contributed by atoms with Crippen LogP contribution in [0, 0.1) is 0 Å². The molecule has 8 nitrogen and oxygen atoms in total. The Kier molecular flexibility index (Phi) is 5.23. The van der Waals surface area contributed by atoms with Gasteiger partial charge < -0.3 is 20.1 Å². The number of nitrogens with one attached hydrogen (secondary N) is 2. The highest BCUT2D eigenvalue weighted by Crippen LogP contribution is 2.30. The minimum atomic E-state index is -0.428. The average molecular weight is 422 g/mol. The van der Waals surface area contributed by atoms with E-state index in [2.05, 4.69) is 40.7 Å². The zero-order valence-electron chi connectivity index (χ0n) is 17.5. The number of aryl methyl sites for hydroxylation is 1. The SMILES string of the molecule is CCCc1cccc2c1CC(NCC1CN(c3ccc4c(n3)NC(=O)CO4)C(=O)O1)C2. The molecule has 2 aliphatic heterocycles. The Morgan fingerprint density at radius 3 is 3.00 bits per heavy atom. The van der Waals surface area contributed by atoms with E-state index in [1.54, 1.807) is 12.1 Å². The van der Waals surface area contributed by atoms with Gasteiger partial charge >= 0.3 is 6.09 Å². The van der Waals surface area contributed by atoms with Gasteiger partial charge in [-0.1, -0.05) is 31.5 Å². The number of aromatic nitrogens is 1. The molecule has 1 aliphatic carbocycles. The summed E-state index contributed by atoms with van der Waals surface area (Å²) in [5, 5.41) is 6.25. The van der Waals surface area contributed by atoms with E-state index in [0.717, 1.165) is 25.7 Å². The molecule has 1 fully saturated rings. The van der Waals surface area contributed by atoms with Crippen molar-refractivity contribution >= 4 is 23.6 Å². The fourth-order valence-corrected chi connectivity index (χ4v) is 4.59. The maximum Gasteiger partial charge on any atom is 0.416 e. The number of pyridine rings is 1. The third-order valence-corrected chi connectivity index (χ3v) is 6.05. The molecule has 0 radical (unpaired) electrons. The van der Waals surface area contributed by atoms with Gasteiger partial charge in [0.05, 0.1) is 6.54 Å². The molecule has 3 aliphatic rings. The van der Waals surface area contributed by atoms with E-state index >= 15 is 0 Å². The van der Waals surface area contributed by atoms with Crippen molar-refractivity contribution < 1.29 is 19.1 Å². The van der Waals surface area contributed by atoms with Gasteiger partial charge in [0.25, 0.3) is 5.91 Å². The molecule has 2 atom stereocenters. The van der Waals surface area contributed by atoms with Gasteiger partial charge in [-0.3, -0.25) is 9.69 Å². The van der Waals surface area contributed by atoms with Gasteiger partial charge in [-0.25, -0.2) is 9.78 Å². The summed E-state index contributed by atoms with van der Waals surface area (Å²) in [4.78, 5) is 29.8. The minimum absolute atomic E-state index is 0.0293. The lowest BCUT2D eigenvalue weighted by molar-refractivity contribution is -0.118. The Bertz CT molecular complexity index is 1020. The third-order valence-electron chi connectivity index (χ3n) is 6.05. The van der Waals surface area contributed by atoms with Crippen molar-refractivity contribution in [1.82, 2.24) is 10.3 Å². The van der Waals surface area contributed by atoms with Gasteiger partial charge in [0, 0.05) is 12.6 Å². The summed E-state index contributed by atoms with van der Waals surface area (Å²) < 4.78 is 10.9. The maximum atomic E-state index is 12.4. The lowest BCUT2D eigenvalue weighted by atomic mass is 10.00. The van der Waals surface area contributed by atoms with Gasteiger partial charge in [-0.05, 0) is 48.1 Å². The number of hydrogen-bond donors (Lipinski definition) is 2. The number of ether oxygens (including phenoxy) is 2. The number of carbonyl (C=O) groups is 2. The molecule has 5 rings (SSSR count). The molecule has 1 saturated heterocycles. The van der Waals surface area contributed by atoms with Crippen LogP contribution in [0.25, 0.3) is 0 Å². The van der Waals surface area contributed by atoms with Gasteiger partial charge in [0.2, 0.25) is 0 Å². The Morgan fingerprint density at radius 1 is 1.23 bits per heavy atom. The molecule has 0 bridgehead atoms. The number of fused-ring (bicyclic) bond motifs is 2. The Balaban J connectivity index is 1.19. The molecule has 1 aromatic carbocycles. The van der Waals surface area contributed by atoms with Crippen molar-refractivity contribution in [3.63, 3.8) is 0 Å². The number of anilines is 2. The molecular formula is C23H26N4O4. The monoisotopic (exact) mass is 422 g/mol.